The van der Waals surface area contributed by atoms with E-state index in [1.165, 1.54) is 0 Å². The summed E-state index contributed by atoms with van der Waals surface area (Å²) in [5.41, 5.74) is 9.15. The molecule has 3 heterocycles. The third-order valence-electron chi connectivity index (χ3n) is 9.29. The van der Waals surface area contributed by atoms with Gasteiger partial charge in [-0.2, -0.15) is 0 Å². The number of anilines is 3. The number of furan rings is 2. The maximum absolute atomic E-state index is 6.20. The SMILES string of the molecule is c1ccc2c(c1)oc1cc3ccc(N(c4ccc(-c5ccncc5)cc4)c4ccc5cc6oc7ccccc7c6cc5c4)cc3cc12. The van der Waals surface area contributed by atoms with E-state index in [0.29, 0.717) is 0 Å². The van der Waals surface area contributed by atoms with Crippen LogP contribution in [0, 0.1) is 0 Å². The number of hydrogen-bond donors (Lipinski definition) is 0. The normalized spacial score (nSPS) is 11.8. The van der Waals surface area contributed by atoms with Gasteiger partial charge in [-0.15, -0.1) is 0 Å². The van der Waals surface area contributed by atoms with Crippen LogP contribution in [0.25, 0.3) is 76.5 Å². The standard InChI is InChI=1S/C43H26N2O2/c1-3-7-40-36(5-1)38-23-31-21-34(15-11-29(31)25-42(38)46-40)45(33-13-9-27(10-14-33)28-17-19-44-20-18-28)35-16-12-30-26-43-39(24-32(30)22-35)37-6-2-4-8-41(37)47-43/h1-26H. The lowest BCUT2D eigenvalue weighted by Gasteiger charge is -2.26. The van der Waals surface area contributed by atoms with E-state index >= 15 is 0 Å². The summed E-state index contributed by atoms with van der Waals surface area (Å²) in [5, 5.41) is 9.11. The molecule has 4 heteroatoms. The second-order valence-electron chi connectivity index (χ2n) is 12.1. The van der Waals surface area contributed by atoms with Crippen molar-refractivity contribution in [2.24, 2.45) is 0 Å². The van der Waals surface area contributed by atoms with E-state index in [0.717, 1.165) is 93.6 Å². The maximum Gasteiger partial charge on any atom is 0.136 e. The van der Waals surface area contributed by atoms with Crippen molar-refractivity contribution >= 4 is 82.5 Å². The molecule has 0 atom stereocenters. The monoisotopic (exact) mass is 602 g/mol. The molecule has 0 radical (unpaired) electrons. The Morgan fingerprint density at radius 2 is 0.851 bits per heavy atom. The molecule has 220 valence electrons. The zero-order chi connectivity index (χ0) is 30.9. The lowest BCUT2D eigenvalue weighted by atomic mass is 10.0. The van der Waals surface area contributed by atoms with Crippen molar-refractivity contribution in [1.29, 1.82) is 0 Å². The first-order valence-electron chi connectivity index (χ1n) is 15.8. The predicted molar refractivity (Wildman–Crippen MR) is 194 cm³/mol. The van der Waals surface area contributed by atoms with Crippen molar-refractivity contribution < 1.29 is 8.83 Å². The van der Waals surface area contributed by atoms with Crippen LogP contribution in [0.15, 0.2) is 167 Å². The summed E-state index contributed by atoms with van der Waals surface area (Å²) in [4.78, 5) is 6.53. The van der Waals surface area contributed by atoms with Crippen molar-refractivity contribution in [3.05, 3.63) is 158 Å². The third kappa shape index (κ3) is 4.19. The van der Waals surface area contributed by atoms with Gasteiger partial charge in [0.05, 0.1) is 0 Å². The van der Waals surface area contributed by atoms with Crippen molar-refractivity contribution in [3.8, 4) is 11.1 Å². The smallest absolute Gasteiger partial charge is 0.136 e. The lowest BCUT2D eigenvalue weighted by molar-refractivity contribution is 0.669. The summed E-state index contributed by atoms with van der Waals surface area (Å²) >= 11 is 0. The Labute approximate surface area is 269 Å². The Kier molecular flexibility index (Phi) is 5.54. The fourth-order valence-electron chi connectivity index (χ4n) is 6.98. The molecule has 10 rings (SSSR count). The summed E-state index contributed by atoms with van der Waals surface area (Å²) in [6.45, 7) is 0. The Balaban J connectivity index is 1.16. The number of rotatable bonds is 4. The van der Waals surface area contributed by atoms with Gasteiger partial charge in [0.25, 0.3) is 0 Å². The van der Waals surface area contributed by atoms with Crippen LogP contribution in [-0.2, 0) is 0 Å². The van der Waals surface area contributed by atoms with Crippen LogP contribution < -0.4 is 4.90 Å². The van der Waals surface area contributed by atoms with E-state index in [9.17, 15) is 0 Å². The van der Waals surface area contributed by atoms with Gasteiger partial charge in [-0.25, -0.2) is 0 Å². The molecule has 4 nitrogen and oxygen atoms in total. The van der Waals surface area contributed by atoms with E-state index < -0.39 is 0 Å². The molecule has 0 aliphatic carbocycles. The molecule has 47 heavy (non-hydrogen) atoms. The van der Waals surface area contributed by atoms with Gasteiger partial charge < -0.3 is 13.7 Å². The van der Waals surface area contributed by atoms with Crippen molar-refractivity contribution in [2.75, 3.05) is 4.90 Å². The van der Waals surface area contributed by atoms with Crippen molar-refractivity contribution in [1.82, 2.24) is 4.98 Å². The van der Waals surface area contributed by atoms with Crippen LogP contribution in [0.3, 0.4) is 0 Å². The van der Waals surface area contributed by atoms with Gasteiger partial charge in [-0.05, 0) is 118 Å². The second kappa shape index (κ2) is 10.1. The van der Waals surface area contributed by atoms with Crippen LogP contribution >= 0.6 is 0 Å². The van der Waals surface area contributed by atoms with Gasteiger partial charge in [-0.3, -0.25) is 4.98 Å². The summed E-state index contributed by atoms with van der Waals surface area (Å²) < 4.78 is 12.4. The fourth-order valence-corrected chi connectivity index (χ4v) is 6.98. The molecule has 0 bridgehead atoms. The summed E-state index contributed by atoms with van der Waals surface area (Å²) in [6, 6.07) is 51.5. The number of pyridine rings is 1. The van der Waals surface area contributed by atoms with Gasteiger partial charge in [0.15, 0.2) is 0 Å². The third-order valence-corrected chi connectivity index (χ3v) is 9.29. The van der Waals surface area contributed by atoms with Crippen molar-refractivity contribution in [3.63, 3.8) is 0 Å². The molecule has 7 aromatic carbocycles. The van der Waals surface area contributed by atoms with Gasteiger partial charge in [0, 0.05) is 51.0 Å². The van der Waals surface area contributed by atoms with E-state index in [1.54, 1.807) is 0 Å². The Hall–Kier alpha value is -6.39. The molecule has 0 unspecified atom stereocenters. The van der Waals surface area contributed by atoms with Crippen LogP contribution in [0.2, 0.25) is 0 Å². The predicted octanol–water partition coefficient (Wildman–Crippen LogP) is 12.3. The Morgan fingerprint density at radius 3 is 1.40 bits per heavy atom. The highest BCUT2D eigenvalue weighted by Gasteiger charge is 2.17. The molecule has 0 saturated carbocycles. The van der Waals surface area contributed by atoms with E-state index in [4.69, 9.17) is 8.83 Å². The second-order valence-corrected chi connectivity index (χ2v) is 12.1. The van der Waals surface area contributed by atoms with Crippen molar-refractivity contribution in [2.45, 2.75) is 0 Å². The molecule has 0 saturated heterocycles. The van der Waals surface area contributed by atoms with Gasteiger partial charge in [0.1, 0.15) is 22.3 Å². The molecular formula is C43H26N2O2. The highest BCUT2D eigenvalue weighted by molar-refractivity contribution is 6.12. The topological polar surface area (TPSA) is 42.4 Å². The number of fused-ring (bicyclic) bond motifs is 8. The quantitative estimate of drug-likeness (QED) is 0.201. The molecular weight excluding hydrogens is 576 g/mol. The summed E-state index contributed by atoms with van der Waals surface area (Å²) in [5.74, 6) is 0. The van der Waals surface area contributed by atoms with E-state index in [-0.39, 0.29) is 0 Å². The molecule has 0 fully saturated rings. The zero-order valence-corrected chi connectivity index (χ0v) is 25.2. The first-order chi connectivity index (χ1) is 23.2. The number of hydrogen-bond acceptors (Lipinski definition) is 4. The summed E-state index contributed by atoms with van der Waals surface area (Å²) in [7, 11) is 0. The molecule has 0 spiro atoms. The lowest BCUT2D eigenvalue weighted by Crippen LogP contribution is -2.09. The first-order valence-corrected chi connectivity index (χ1v) is 15.8. The molecule has 0 aliphatic rings. The Morgan fingerprint density at radius 1 is 0.362 bits per heavy atom. The van der Waals surface area contributed by atoms with Crippen LogP contribution in [0.1, 0.15) is 0 Å². The summed E-state index contributed by atoms with van der Waals surface area (Å²) in [6.07, 6.45) is 3.67. The minimum atomic E-state index is 0.905. The Bertz CT molecular complexity index is 2640. The fraction of sp³-hybridized carbons (Fsp3) is 0. The van der Waals surface area contributed by atoms with Gasteiger partial charge in [-0.1, -0.05) is 60.7 Å². The number of para-hydroxylation sites is 2. The average Bonchev–Trinajstić information content (AvgIpc) is 3.67. The highest BCUT2D eigenvalue weighted by Crippen LogP contribution is 2.41. The molecule has 0 aliphatic heterocycles. The molecule has 0 amide bonds. The number of nitrogens with zero attached hydrogens (tertiary/aromatic N) is 2. The zero-order valence-electron chi connectivity index (χ0n) is 25.2. The van der Waals surface area contributed by atoms with E-state index in [2.05, 4.69) is 119 Å². The van der Waals surface area contributed by atoms with Crippen LogP contribution in [0.5, 0.6) is 0 Å². The highest BCUT2D eigenvalue weighted by atomic mass is 16.3. The van der Waals surface area contributed by atoms with Gasteiger partial charge in [0.2, 0.25) is 0 Å². The van der Waals surface area contributed by atoms with Crippen LogP contribution in [0.4, 0.5) is 17.1 Å². The molecule has 0 N–H and O–H groups in total. The minimum Gasteiger partial charge on any atom is -0.456 e. The minimum absolute atomic E-state index is 0.905. The van der Waals surface area contributed by atoms with Crippen LogP contribution in [-0.4, -0.2) is 4.98 Å². The first kappa shape index (κ1) is 25.9. The van der Waals surface area contributed by atoms with Gasteiger partial charge >= 0.3 is 0 Å². The number of benzene rings is 7. The van der Waals surface area contributed by atoms with E-state index in [1.807, 2.05) is 48.8 Å². The molecule has 10 aromatic rings. The largest absolute Gasteiger partial charge is 0.456 e. The molecule has 3 aromatic heterocycles. The number of aromatic nitrogens is 1. The average molecular weight is 603 g/mol. The maximum atomic E-state index is 6.20.